The molecule has 3 heterocycles. The second kappa shape index (κ2) is 6.31. The molecule has 1 N–H and O–H groups in total. The SMILES string of the molecule is CC(C)(C)OC(=O)NC1CC2CCC(C1)N2c1ccc(C#N)cn1. The zero-order chi connectivity index (χ0) is 17.3. The molecule has 2 atom stereocenters. The Hall–Kier alpha value is -2.29. The summed E-state index contributed by atoms with van der Waals surface area (Å²) in [6, 6.07) is 6.74. The van der Waals surface area contributed by atoms with Crippen LogP contribution in [0.3, 0.4) is 0 Å². The number of carbonyl (C=O) groups is 1. The van der Waals surface area contributed by atoms with Crippen molar-refractivity contribution in [2.75, 3.05) is 4.90 Å². The second-order valence-electron chi connectivity index (χ2n) is 7.62. The van der Waals surface area contributed by atoms with Crippen LogP contribution in [0.25, 0.3) is 0 Å². The van der Waals surface area contributed by atoms with E-state index in [1.807, 2.05) is 32.9 Å². The van der Waals surface area contributed by atoms with Crippen molar-refractivity contribution >= 4 is 11.9 Å². The molecule has 2 saturated heterocycles. The molecule has 2 fully saturated rings. The average Bonchev–Trinajstić information content (AvgIpc) is 2.76. The van der Waals surface area contributed by atoms with Gasteiger partial charge in [-0.3, -0.25) is 0 Å². The number of rotatable bonds is 2. The molecule has 2 aliphatic heterocycles. The standard InChI is InChI=1S/C18H24N4O2/c1-18(2,3)24-17(23)21-13-8-14-5-6-15(9-13)22(14)16-7-4-12(10-19)11-20-16/h4,7,11,13-15H,5-6,8-9H2,1-3H3,(H,21,23). The van der Waals surface area contributed by atoms with Crippen LogP contribution in [0.1, 0.15) is 52.0 Å². The molecule has 3 rings (SSSR count). The van der Waals surface area contributed by atoms with Crippen molar-refractivity contribution in [2.45, 2.75) is 70.2 Å². The number of carbonyl (C=O) groups excluding carboxylic acids is 1. The van der Waals surface area contributed by atoms with Crippen molar-refractivity contribution < 1.29 is 9.53 Å². The van der Waals surface area contributed by atoms with Crippen LogP contribution in [0, 0.1) is 11.3 Å². The van der Waals surface area contributed by atoms with E-state index in [-0.39, 0.29) is 12.1 Å². The normalized spacial score (nSPS) is 25.9. The maximum absolute atomic E-state index is 12.0. The maximum Gasteiger partial charge on any atom is 0.407 e. The van der Waals surface area contributed by atoms with Gasteiger partial charge in [-0.25, -0.2) is 9.78 Å². The van der Waals surface area contributed by atoms with Crippen molar-refractivity contribution in [3.8, 4) is 6.07 Å². The summed E-state index contributed by atoms with van der Waals surface area (Å²) < 4.78 is 5.36. The summed E-state index contributed by atoms with van der Waals surface area (Å²) in [5, 5.41) is 11.9. The Bertz CT molecular complexity index is 630. The molecule has 2 bridgehead atoms. The largest absolute Gasteiger partial charge is 0.444 e. The summed E-state index contributed by atoms with van der Waals surface area (Å²) in [4.78, 5) is 18.8. The van der Waals surface area contributed by atoms with E-state index in [4.69, 9.17) is 10.00 Å². The summed E-state index contributed by atoms with van der Waals surface area (Å²) in [5.74, 6) is 0.928. The topological polar surface area (TPSA) is 78.2 Å². The third-order valence-electron chi connectivity index (χ3n) is 4.60. The number of fused-ring (bicyclic) bond motifs is 2. The third kappa shape index (κ3) is 3.61. The molecule has 0 saturated carbocycles. The molecule has 128 valence electrons. The second-order valence-corrected chi connectivity index (χ2v) is 7.62. The first-order valence-electron chi connectivity index (χ1n) is 8.50. The van der Waals surface area contributed by atoms with Crippen LogP contribution in [0.4, 0.5) is 10.6 Å². The van der Waals surface area contributed by atoms with E-state index in [2.05, 4.69) is 21.3 Å². The van der Waals surface area contributed by atoms with Crippen molar-refractivity contribution in [1.29, 1.82) is 5.26 Å². The predicted molar refractivity (Wildman–Crippen MR) is 90.6 cm³/mol. The highest BCUT2D eigenvalue weighted by Crippen LogP contribution is 2.38. The van der Waals surface area contributed by atoms with Gasteiger partial charge in [0.1, 0.15) is 17.5 Å². The number of hydrogen-bond acceptors (Lipinski definition) is 5. The summed E-state index contributed by atoms with van der Waals surface area (Å²) in [5.41, 5.74) is 0.100. The van der Waals surface area contributed by atoms with E-state index in [1.165, 1.54) is 0 Å². The Balaban J connectivity index is 1.64. The van der Waals surface area contributed by atoms with Gasteiger partial charge in [0, 0.05) is 24.3 Å². The van der Waals surface area contributed by atoms with Gasteiger partial charge < -0.3 is 15.0 Å². The zero-order valence-electron chi connectivity index (χ0n) is 14.5. The molecule has 0 radical (unpaired) electrons. The van der Waals surface area contributed by atoms with Crippen LogP contribution in [-0.2, 0) is 4.74 Å². The van der Waals surface area contributed by atoms with Gasteiger partial charge in [-0.15, -0.1) is 0 Å². The Morgan fingerprint density at radius 3 is 2.50 bits per heavy atom. The van der Waals surface area contributed by atoms with Gasteiger partial charge >= 0.3 is 6.09 Å². The van der Waals surface area contributed by atoms with Gasteiger partial charge in [0.2, 0.25) is 0 Å². The number of nitrogens with zero attached hydrogens (tertiary/aromatic N) is 3. The van der Waals surface area contributed by atoms with Crippen LogP contribution in [0.5, 0.6) is 0 Å². The van der Waals surface area contributed by atoms with Crippen LogP contribution in [0.15, 0.2) is 18.3 Å². The quantitative estimate of drug-likeness (QED) is 0.903. The fraction of sp³-hybridized carbons (Fsp3) is 0.611. The zero-order valence-corrected chi connectivity index (χ0v) is 14.5. The molecule has 6 nitrogen and oxygen atoms in total. The van der Waals surface area contributed by atoms with E-state index in [0.29, 0.717) is 17.6 Å². The molecule has 2 unspecified atom stereocenters. The maximum atomic E-state index is 12.0. The minimum atomic E-state index is -0.476. The smallest absolute Gasteiger partial charge is 0.407 e. The minimum Gasteiger partial charge on any atom is -0.444 e. The molecule has 24 heavy (non-hydrogen) atoms. The number of ether oxygens (including phenoxy) is 1. The van der Waals surface area contributed by atoms with Gasteiger partial charge in [0.05, 0.1) is 5.56 Å². The molecule has 1 aromatic heterocycles. The van der Waals surface area contributed by atoms with Gasteiger partial charge in [-0.05, 0) is 58.6 Å². The Morgan fingerprint density at radius 1 is 1.33 bits per heavy atom. The van der Waals surface area contributed by atoms with Gasteiger partial charge in [-0.1, -0.05) is 0 Å². The molecule has 6 heteroatoms. The van der Waals surface area contributed by atoms with Crippen molar-refractivity contribution in [1.82, 2.24) is 10.3 Å². The van der Waals surface area contributed by atoms with Crippen molar-refractivity contribution in [3.63, 3.8) is 0 Å². The molecule has 0 spiro atoms. The van der Waals surface area contributed by atoms with Crippen molar-refractivity contribution in [3.05, 3.63) is 23.9 Å². The number of aromatic nitrogens is 1. The Kier molecular flexibility index (Phi) is 4.35. The number of nitrogens with one attached hydrogen (secondary N) is 1. The van der Waals surface area contributed by atoms with E-state index in [0.717, 1.165) is 31.5 Å². The molecule has 0 aliphatic carbocycles. The van der Waals surface area contributed by atoms with Crippen LogP contribution < -0.4 is 10.2 Å². The number of amides is 1. The average molecular weight is 328 g/mol. The van der Waals surface area contributed by atoms with Crippen LogP contribution in [0.2, 0.25) is 0 Å². The summed E-state index contributed by atoms with van der Waals surface area (Å²) in [6.45, 7) is 5.61. The molecular formula is C18H24N4O2. The summed E-state index contributed by atoms with van der Waals surface area (Å²) >= 11 is 0. The number of nitriles is 1. The first-order chi connectivity index (χ1) is 11.4. The lowest BCUT2D eigenvalue weighted by Crippen LogP contribution is -2.51. The summed E-state index contributed by atoms with van der Waals surface area (Å²) in [6.07, 6.45) is 5.31. The van der Waals surface area contributed by atoms with E-state index in [1.54, 1.807) is 6.20 Å². The van der Waals surface area contributed by atoms with E-state index >= 15 is 0 Å². The number of piperidine rings is 1. The monoisotopic (exact) mass is 328 g/mol. The van der Waals surface area contributed by atoms with E-state index < -0.39 is 5.60 Å². The van der Waals surface area contributed by atoms with Crippen molar-refractivity contribution in [2.24, 2.45) is 0 Å². The van der Waals surface area contributed by atoms with Crippen LogP contribution >= 0.6 is 0 Å². The van der Waals surface area contributed by atoms with Gasteiger partial charge in [0.15, 0.2) is 0 Å². The first kappa shape index (κ1) is 16.6. The lowest BCUT2D eigenvalue weighted by atomic mass is 9.97. The van der Waals surface area contributed by atoms with Crippen LogP contribution in [-0.4, -0.2) is 34.8 Å². The highest BCUT2D eigenvalue weighted by molar-refractivity contribution is 5.68. The minimum absolute atomic E-state index is 0.145. The number of alkyl carbamates (subject to hydrolysis) is 1. The highest BCUT2D eigenvalue weighted by Gasteiger charge is 2.42. The molecule has 0 aromatic carbocycles. The number of hydrogen-bond donors (Lipinski definition) is 1. The Labute approximate surface area is 142 Å². The van der Waals surface area contributed by atoms with Gasteiger partial charge in [-0.2, -0.15) is 5.26 Å². The fourth-order valence-electron chi connectivity index (χ4n) is 3.75. The lowest BCUT2D eigenvalue weighted by Gasteiger charge is -2.40. The number of pyridine rings is 1. The molecule has 1 aromatic rings. The Morgan fingerprint density at radius 2 is 2.00 bits per heavy atom. The molecular weight excluding hydrogens is 304 g/mol. The number of anilines is 1. The first-order valence-corrected chi connectivity index (χ1v) is 8.50. The van der Waals surface area contributed by atoms with E-state index in [9.17, 15) is 4.79 Å². The highest BCUT2D eigenvalue weighted by atomic mass is 16.6. The molecule has 2 aliphatic rings. The van der Waals surface area contributed by atoms with Gasteiger partial charge in [0.25, 0.3) is 0 Å². The third-order valence-corrected chi connectivity index (χ3v) is 4.60. The summed E-state index contributed by atoms with van der Waals surface area (Å²) in [7, 11) is 0. The lowest BCUT2D eigenvalue weighted by molar-refractivity contribution is 0.0492. The molecule has 1 amide bonds. The fourth-order valence-corrected chi connectivity index (χ4v) is 3.75. The predicted octanol–water partition coefficient (Wildman–Crippen LogP) is 2.98.